The predicted molar refractivity (Wildman–Crippen MR) is 126 cm³/mol. The molecule has 1 aliphatic rings. The summed E-state index contributed by atoms with van der Waals surface area (Å²) in [5.74, 6) is 1.39. The van der Waals surface area contributed by atoms with Gasteiger partial charge in [0.05, 0.1) is 23.2 Å². The monoisotopic (exact) mass is 444 g/mol. The number of ether oxygens (including phenoxy) is 2. The van der Waals surface area contributed by atoms with Crippen molar-refractivity contribution >= 4 is 24.5 Å². The molecular formula is C23H33BN2O4S. The third kappa shape index (κ3) is 5.95. The van der Waals surface area contributed by atoms with E-state index in [1.807, 2.05) is 58.0 Å². The fraction of sp³-hybridized carbons (Fsp3) is 0.522. The highest BCUT2D eigenvalue weighted by atomic mass is 32.2. The highest BCUT2D eigenvalue weighted by Crippen LogP contribution is 2.37. The second kappa shape index (κ2) is 9.02. The van der Waals surface area contributed by atoms with E-state index in [0.29, 0.717) is 12.5 Å². The average molecular weight is 444 g/mol. The Bertz CT molecular complexity index is 881. The molecule has 0 unspecified atom stereocenters. The Labute approximate surface area is 190 Å². The van der Waals surface area contributed by atoms with E-state index in [0.717, 1.165) is 21.7 Å². The molecule has 0 bridgehead atoms. The van der Waals surface area contributed by atoms with Crippen LogP contribution in [0.1, 0.15) is 54.0 Å². The number of hydrogen-bond donors (Lipinski definition) is 1. The molecule has 2 aromatic rings. The Morgan fingerprint density at radius 3 is 2.23 bits per heavy atom. The van der Waals surface area contributed by atoms with Gasteiger partial charge in [0.1, 0.15) is 12.4 Å². The second-order valence-electron chi connectivity index (χ2n) is 9.75. The average Bonchev–Trinajstić information content (AvgIpc) is 2.92. The smallest absolute Gasteiger partial charge is 0.496 e. The van der Waals surface area contributed by atoms with Gasteiger partial charge in [-0.15, -0.1) is 0 Å². The van der Waals surface area contributed by atoms with E-state index in [4.69, 9.17) is 18.8 Å². The molecule has 1 N–H and O–H groups in total. The Kier molecular flexibility index (Phi) is 6.96. The van der Waals surface area contributed by atoms with Gasteiger partial charge in [-0.05, 0) is 84.2 Å². The van der Waals surface area contributed by atoms with Crippen molar-refractivity contribution < 1.29 is 18.8 Å². The molecule has 1 fully saturated rings. The number of nitrogens with one attached hydrogen (secondary N) is 1. The van der Waals surface area contributed by atoms with Crippen molar-refractivity contribution in [2.75, 3.05) is 7.11 Å². The number of rotatable bonds is 7. The van der Waals surface area contributed by atoms with Crippen LogP contribution in [0, 0.1) is 0 Å². The van der Waals surface area contributed by atoms with E-state index < -0.39 is 18.3 Å². The maximum absolute atomic E-state index is 6.20. The van der Waals surface area contributed by atoms with Crippen LogP contribution in [0.2, 0.25) is 0 Å². The van der Waals surface area contributed by atoms with Gasteiger partial charge < -0.3 is 18.8 Å². The number of aromatic nitrogens is 1. The summed E-state index contributed by atoms with van der Waals surface area (Å²) in [6.45, 7) is 14.9. The summed E-state index contributed by atoms with van der Waals surface area (Å²) in [5, 5.41) is 0. The van der Waals surface area contributed by atoms with Crippen molar-refractivity contribution in [1.82, 2.24) is 9.71 Å². The van der Waals surface area contributed by atoms with Gasteiger partial charge in [-0.25, -0.2) is 4.98 Å². The van der Waals surface area contributed by atoms with E-state index in [-0.39, 0.29) is 5.54 Å². The van der Waals surface area contributed by atoms with Gasteiger partial charge in [0.2, 0.25) is 5.88 Å². The molecule has 6 nitrogen and oxygen atoms in total. The number of methoxy groups -OCH3 is 1. The fourth-order valence-corrected chi connectivity index (χ4v) is 3.63. The van der Waals surface area contributed by atoms with Crippen LogP contribution in [-0.2, 0) is 15.9 Å². The molecule has 0 amide bonds. The van der Waals surface area contributed by atoms with Crippen LogP contribution in [0.25, 0.3) is 0 Å². The largest absolute Gasteiger partial charge is 0.497 e. The number of nitrogens with zero attached hydrogens (tertiary/aromatic N) is 1. The molecule has 1 aromatic heterocycles. The standard InChI is InChI=1S/C23H33BN2O4S/c1-21(2,3)26-31-19-13-17(24-29-22(4,5)23(6,7)30-24)14-25-20(19)28-15-16-9-11-18(27-8)12-10-16/h9-14,26H,15H2,1-8H3. The van der Waals surface area contributed by atoms with Gasteiger partial charge in [-0.1, -0.05) is 12.1 Å². The summed E-state index contributed by atoms with van der Waals surface area (Å²) in [5.41, 5.74) is 1.03. The Morgan fingerprint density at radius 1 is 1.06 bits per heavy atom. The lowest BCUT2D eigenvalue weighted by Crippen LogP contribution is -2.41. The normalized spacial score (nSPS) is 17.6. The van der Waals surface area contributed by atoms with Crippen molar-refractivity contribution in [1.29, 1.82) is 0 Å². The Morgan fingerprint density at radius 2 is 1.68 bits per heavy atom. The van der Waals surface area contributed by atoms with Crippen LogP contribution in [0.4, 0.5) is 0 Å². The third-order valence-corrected chi connectivity index (χ3v) is 6.59. The van der Waals surface area contributed by atoms with Crippen LogP contribution >= 0.6 is 11.9 Å². The quantitative estimate of drug-likeness (QED) is 0.503. The topological polar surface area (TPSA) is 61.8 Å². The molecule has 3 rings (SSSR count). The summed E-state index contributed by atoms with van der Waals surface area (Å²) in [6, 6.07) is 9.84. The summed E-state index contributed by atoms with van der Waals surface area (Å²) in [7, 11) is 1.19. The van der Waals surface area contributed by atoms with Crippen molar-refractivity contribution in [2.24, 2.45) is 0 Å². The SMILES string of the molecule is COc1ccc(COc2ncc(B3OC(C)(C)C(C)(C)O3)cc2SNC(C)(C)C)cc1. The Hall–Kier alpha value is -1.74. The van der Waals surface area contributed by atoms with Crippen molar-refractivity contribution in [3.05, 3.63) is 42.1 Å². The second-order valence-corrected chi connectivity index (χ2v) is 10.6. The first-order valence-electron chi connectivity index (χ1n) is 10.5. The number of benzene rings is 1. The van der Waals surface area contributed by atoms with Crippen LogP contribution in [0.15, 0.2) is 41.4 Å². The molecule has 0 atom stereocenters. The summed E-state index contributed by atoms with van der Waals surface area (Å²) in [4.78, 5) is 5.49. The molecule has 1 saturated heterocycles. The fourth-order valence-electron chi connectivity index (χ4n) is 2.82. The minimum atomic E-state index is -0.470. The lowest BCUT2D eigenvalue weighted by molar-refractivity contribution is 0.00578. The molecule has 8 heteroatoms. The van der Waals surface area contributed by atoms with E-state index in [9.17, 15) is 0 Å². The predicted octanol–water partition coefficient (Wildman–Crippen LogP) is 4.36. The van der Waals surface area contributed by atoms with E-state index in [2.05, 4.69) is 30.5 Å². The first-order valence-corrected chi connectivity index (χ1v) is 11.3. The molecule has 1 aromatic carbocycles. The maximum Gasteiger partial charge on any atom is 0.496 e. The molecule has 31 heavy (non-hydrogen) atoms. The summed E-state index contributed by atoms with van der Waals surface area (Å²) >= 11 is 1.50. The van der Waals surface area contributed by atoms with Crippen LogP contribution in [0.5, 0.6) is 11.6 Å². The minimum Gasteiger partial charge on any atom is -0.497 e. The zero-order valence-corrected chi connectivity index (χ0v) is 20.6. The van der Waals surface area contributed by atoms with Crippen molar-refractivity contribution in [3.8, 4) is 11.6 Å². The zero-order chi connectivity index (χ0) is 22.9. The van der Waals surface area contributed by atoms with Crippen molar-refractivity contribution in [3.63, 3.8) is 0 Å². The number of hydrogen-bond acceptors (Lipinski definition) is 7. The van der Waals surface area contributed by atoms with Gasteiger partial charge in [-0.3, -0.25) is 4.72 Å². The molecule has 0 aliphatic carbocycles. The van der Waals surface area contributed by atoms with Gasteiger partial charge in [0, 0.05) is 17.2 Å². The van der Waals surface area contributed by atoms with Crippen LogP contribution in [0.3, 0.4) is 0 Å². The molecule has 0 radical (unpaired) electrons. The highest BCUT2D eigenvalue weighted by Gasteiger charge is 2.52. The Balaban J connectivity index is 1.81. The van der Waals surface area contributed by atoms with Gasteiger partial charge in [0.25, 0.3) is 0 Å². The lowest BCUT2D eigenvalue weighted by atomic mass is 9.80. The van der Waals surface area contributed by atoms with Crippen LogP contribution < -0.4 is 19.7 Å². The third-order valence-electron chi connectivity index (χ3n) is 5.37. The summed E-state index contributed by atoms with van der Waals surface area (Å²) in [6.07, 6.45) is 1.77. The highest BCUT2D eigenvalue weighted by molar-refractivity contribution is 7.97. The van der Waals surface area contributed by atoms with Crippen molar-refractivity contribution in [2.45, 2.75) is 76.7 Å². The van der Waals surface area contributed by atoms with Gasteiger partial charge in [-0.2, -0.15) is 0 Å². The van der Waals surface area contributed by atoms with E-state index in [1.54, 1.807) is 13.3 Å². The minimum absolute atomic E-state index is 0.0712. The maximum atomic E-state index is 6.20. The zero-order valence-electron chi connectivity index (χ0n) is 19.7. The molecule has 1 aliphatic heterocycles. The molecule has 0 saturated carbocycles. The van der Waals surface area contributed by atoms with Crippen LogP contribution in [-0.4, -0.2) is 36.0 Å². The van der Waals surface area contributed by atoms with Gasteiger partial charge in [0.15, 0.2) is 0 Å². The summed E-state index contributed by atoms with van der Waals surface area (Å²) < 4.78 is 27.1. The molecule has 2 heterocycles. The molecular weight excluding hydrogens is 411 g/mol. The lowest BCUT2D eigenvalue weighted by Gasteiger charge is -2.32. The molecule has 0 spiro atoms. The first kappa shape index (κ1) is 23.9. The van der Waals surface area contributed by atoms with Gasteiger partial charge >= 0.3 is 7.12 Å². The van der Waals surface area contributed by atoms with E-state index in [1.165, 1.54) is 11.9 Å². The number of pyridine rings is 1. The molecule has 168 valence electrons. The first-order chi connectivity index (χ1) is 14.4. The van der Waals surface area contributed by atoms with E-state index >= 15 is 0 Å².